The highest BCUT2D eigenvalue weighted by molar-refractivity contribution is 5.86. The third-order valence-corrected chi connectivity index (χ3v) is 3.08. The summed E-state index contributed by atoms with van der Waals surface area (Å²) < 4.78 is 28.4. The Bertz CT molecular complexity index is 238. The van der Waals surface area contributed by atoms with Crippen LogP contribution in [0.1, 0.15) is 46.5 Å². The zero-order valence-corrected chi connectivity index (χ0v) is 10.1. The molecule has 4 heteroatoms. The van der Waals surface area contributed by atoms with Crippen LogP contribution in [0.3, 0.4) is 0 Å². The summed E-state index contributed by atoms with van der Waals surface area (Å²) in [5.41, 5.74) is -0.332. The van der Waals surface area contributed by atoms with Crippen molar-refractivity contribution in [3.8, 4) is 0 Å². The maximum atomic E-state index is 12.0. The number of carbonyl (C=O) groups is 1. The summed E-state index contributed by atoms with van der Waals surface area (Å²) in [5.74, 6) is 0.264. The average Bonchev–Trinajstić information content (AvgIpc) is 2.15. The Hall–Kier alpha value is -0.510. The highest BCUT2D eigenvalue weighted by atomic mass is 19.3. The van der Waals surface area contributed by atoms with E-state index in [-0.39, 0.29) is 23.2 Å². The van der Waals surface area contributed by atoms with Gasteiger partial charge in [-0.05, 0) is 25.7 Å². The zero-order valence-electron chi connectivity index (χ0n) is 10.1. The Morgan fingerprint density at radius 3 is 2.06 bits per heavy atom. The summed E-state index contributed by atoms with van der Waals surface area (Å²) in [6.07, 6.45) is 2.11. The van der Waals surface area contributed by atoms with Gasteiger partial charge >= 0.3 is 6.61 Å². The second kappa shape index (κ2) is 5.21. The number of Topliss-reactive ketones (excluding diaryl/α,β-unsaturated/α-hetero) is 1. The van der Waals surface area contributed by atoms with Gasteiger partial charge in [0.2, 0.25) is 0 Å². The van der Waals surface area contributed by atoms with Gasteiger partial charge in [-0.2, -0.15) is 8.78 Å². The number of halogens is 2. The highest BCUT2D eigenvalue weighted by Crippen LogP contribution is 2.32. The maximum absolute atomic E-state index is 12.0. The molecule has 0 unspecified atom stereocenters. The monoisotopic (exact) mass is 234 g/mol. The number of ketones is 1. The summed E-state index contributed by atoms with van der Waals surface area (Å²) in [6, 6.07) is 0. The van der Waals surface area contributed by atoms with E-state index in [1.165, 1.54) is 0 Å². The Kier molecular flexibility index (Phi) is 4.42. The van der Waals surface area contributed by atoms with Crippen LogP contribution in [0.4, 0.5) is 8.78 Å². The smallest absolute Gasteiger partial charge is 0.320 e. The summed E-state index contributed by atoms with van der Waals surface area (Å²) in [4.78, 5) is 12.0. The molecule has 1 fully saturated rings. The van der Waals surface area contributed by atoms with E-state index in [0.717, 1.165) is 0 Å². The lowest BCUT2D eigenvalue weighted by molar-refractivity contribution is -0.172. The van der Waals surface area contributed by atoms with Crippen LogP contribution in [0, 0.1) is 11.3 Å². The van der Waals surface area contributed by atoms with E-state index >= 15 is 0 Å². The van der Waals surface area contributed by atoms with E-state index in [1.54, 1.807) is 0 Å². The predicted molar refractivity (Wildman–Crippen MR) is 57.3 cm³/mol. The fraction of sp³-hybridized carbons (Fsp3) is 0.917. The number of ether oxygens (including phenoxy) is 1. The van der Waals surface area contributed by atoms with Gasteiger partial charge in [0.1, 0.15) is 5.78 Å². The Morgan fingerprint density at radius 2 is 1.69 bits per heavy atom. The standard InChI is InChI=1S/C12H20F2O2/c1-12(2,3)10(15)8-4-6-9(7-5-8)16-11(13)14/h8-9,11H,4-7H2,1-3H3. The maximum Gasteiger partial charge on any atom is 0.345 e. The predicted octanol–water partition coefficient (Wildman–Crippen LogP) is 3.40. The number of rotatable bonds is 3. The molecule has 1 aliphatic carbocycles. The first-order chi connectivity index (χ1) is 7.30. The first kappa shape index (κ1) is 13.6. The van der Waals surface area contributed by atoms with Gasteiger partial charge in [-0.15, -0.1) is 0 Å². The molecule has 0 saturated heterocycles. The molecule has 0 spiro atoms. The van der Waals surface area contributed by atoms with E-state index in [1.807, 2.05) is 20.8 Å². The van der Waals surface area contributed by atoms with Crippen molar-refractivity contribution in [2.45, 2.75) is 59.2 Å². The number of hydrogen-bond donors (Lipinski definition) is 0. The molecule has 0 radical (unpaired) electrons. The molecule has 16 heavy (non-hydrogen) atoms. The van der Waals surface area contributed by atoms with E-state index in [4.69, 9.17) is 0 Å². The Labute approximate surface area is 95.4 Å². The molecule has 0 bridgehead atoms. The first-order valence-electron chi connectivity index (χ1n) is 5.78. The molecule has 0 heterocycles. The molecule has 0 aromatic heterocycles. The minimum Gasteiger partial charge on any atom is -0.320 e. The van der Waals surface area contributed by atoms with E-state index < -0.39 is 6.61 Å². The molecular formula is C12H20F2O2. The molecule has 1 saturated carbocycles. The normalized spacial score (nSPS) is 27.1. The largest absolute Gasteiger partial charge is 0.345 e. The van der Waals surface area contributed by atoms with E-state index in [9.17, 15) is 13.6 Å². The second-order valence-corrected chi connectivity index (χ2v) is 5.48. The zero-order chi connectivity index (χ0) is 12.3. The number of hydrogen-bond acceptors (Lipinski definition) is 2. The van der Waals surface area contributed by atoms with Crippen molar-refractivity contribution in [3.63, 3.8) is 0 Å². The molecule has 0 aliphatic heterocycles. The summed E-state index contributed by atoms with van der Waals surface area (Å²) in [7, 11) is 0. The van der Waals surface area contributed by atoms with Gasteiger partial charge in [0.15, 0.2) is 0 Å². The summed E-state index contributed by atoms with van der Waals surface area (Å²) in [5, 5.41) is 0. The third-order valence-electron chi connectivity index (χ3n) is 3.08. The van der Waals surface area contributed by atoms with Crippen molar-refractivity contribution >= 4 is 5.78 Å². The molecule has 94 valence electrons. The highest BCUT2D eigenvalue weighted by Gasteiger charge is 2.33. The van der Waals surface area contributed by atoms with Crippen molar-refractivity contribution in [1.82, 2.24) is 0 Å². The third kappa shape index (κ3) is 3.81. The van der Waals surface area contributed by atoms with Crippen LogP contribution in [0.25, 0.3) is 0 Å². The SMILES string of the molecule is CC(C)(C)C(=O)C1CCC(OC(F)F)CC1. The molecule has 2 nitrogen and oxygen atoms in total. The van der Waals surface area contributed by atoms with Crippen molar-refractivity contribution in [2.24, 2.45) is 11.3 Å². The van der Waals surface area contributed by atoms with Gasteiger partial charge < -0.3 is 4.74 Å². The Balaban J connectivity index is 2.40. The van der Waals surface area contributed by atoms with Crippen LogP contribution in [0.2, 0.25) is 0 Å². The molecule has 0 amide bonds. The molecule has 0 aromatic carbocycles. The second-order valence-electron chi connectivity index (χ2n) is 5.48. The van der Waals surface area contributed by atoms with E-state index in [2.05, 4.69) is 4.74 Å². The van der Waals surface area contributed by atoms with Crippen molar-refractivity contribution < 1.29 is 18.3 Å². The molecule has 1 aliphatic rings. The van der Waals surface area contributed by atoms with Crippen LogP contribution in [-0.2, 0) is 9.53 Å². The molecule has 1 rings (SSSR count). The molecule has 0 aromatic rings. The van der Waals surface area contributed by atoms with Crippen molar-refractivity contribution in [1.29, 1.82) is 0 Å². The molecule has 0 N–H and O–H groups in total. The van der Waals surface area contributed by atoms with Gasteiger partial charge in [-0.1, -0.05) is 20.8 Å². The fourth-order valence-corrected chi connectivity index (χ4v) is 2.22. The lowest BCUT2D eigenvalue weighted by Crippen LogP contribution is -2.33. The van der Waals surface area contributed by atoms with Gasteiger partial charge in [-0.25, -0.2) is 0 Å². The molecule has 0 atom stereocenters. The number of alkyl halides is 2. The van der Waals surface area contributed by atoms with E-state index in [0.29, 0.717) is 25.7 Å². The minimum absolute atomic E-state index is 0.0255. The van der Waals surface area contributed by atoms with Gasteiger partial charge in [0.05, 0.1) is 6.10 Å². The van der Waals surface area contributed by atoms with Crippen LogP contribution < -0.4 is 0 Å². The topological polar surface area (TPSA) is 26.3 Å². The van der Waals surface area contributed by atoms with Gasteiger partial charge in [0, 0.05) is 11.3 Å². The van der Waals surface area contributed by atoms with Crippen LogP contribution in [0.15, 0.2) is 0 Å². The summed E-state index contributed by atoms with van der Waals surface area (Å²) >= 11 is 0. The quantitative estimate of drug-likeness (QED) is 0.748. The van der Waals surface area contributed by atoms with Crippen LogP contribution >= 0.6 is 0 Å². The van der Waals surface area contributed by atoms with Gasteiger partial charge in [0.25, 0.3) is 0 Å². The van der Waals surface area contributed by atoms with Crippen molar-refractivity contribution in [2.75, 3.05) is 0 Å². The Morgan fingerprint density at radius 1 is 1.19 bits per heavy atom. The first-order valence-corrected chi connectivity index (χ1v) is 5.78. The van der Waals surface area contributed by atoms with Crippen LogP contribution in [0.5, 0.6) is 0 Å². The average molecular weight is 234 g/mol. The van der Waals surface area contributed by atoms with Crippen molar-refractivity contribution in [3.05, 3.63) is 0 Å². The van der Waals surface area contributed by atoms with Crippen LogP contribution in [-0.4, -0.2) is 18.5 Å². The molecular weight excluding hydrogens is 214 g/mol. The number of carbonyl (C=O) groups excluding carboxylic acids is 1. The fourth-order valence-electron chi connectivity index (χ4n) is 2.22. The lowest BCUT2D eigenvalue weighted by Gasteiger charge is -2.31. The van der Waals surface area contributed by atoms with Gasteiger partial charge in [-0.3, -0.25) is 4.79 Å². The minimum atomic E-state index is -2.69. The lowest BCUT2D eigenvalue weighted by atomic mass is 9.76. The summed E-state index contributed by atoms with van der Waals surface area (Å²) in [6.45, 7) is 3.01.